The van der Waals surface area contributed by atoms with Crippen LogP contribution in [0.5, 0.6) is 0 Å². The monoisotopic (exact) mass is 283 g/mol. The SMILES string of the molecule is CCC1CCCCC1NS(=O)(=O)c1ccnc(N)c1. The van der Waals surface area contributed by atoms with Crippen LogP contribution in [0.15, 0.2) is 23.2 Å². The predicted molar refractivity (Wildman–Crippen MR) is 75.0 cm³/mol. The lowest BCUT2D eigenvalue weighted by molar-refractivity contribution is 0.282. The molecule has 0 aliphatic heterocycles. The molecule has 0 aromatic carbocycles. The molecule has 3 N–H and O–H groups in total. The van der Waals surface area contributed by atoms with Crippen LogP contribution in [-0.2, 0) is 10.0 Å². The molecule has 0 saturated heterocycles. The average molecular weight is 283 g/mol. The first-order chi connectivity index (χ1) is 9.03. The molecule has 5 nitrogen and oxygen atoms in total. The Balaban J connectivity index is 2.16. The second-order valence-corrected chi connectivity index (χ2v) is 6.81. The summed E-state index contributed by atoms with van der Waals surface area (Å²) in [6, 6.07) is 2.91. The molecule has 2 atom stereocenters. The first kappa shape index (κ1) is 14.3. The van der Waals surface area contributed by atoms with E-state index in [9.17, 15) is 8.42 Å². The second kappa shape index (κ2) is 5.88. The Bertz CT molecular complexity index is 530. The summed E-state index contributed by atoms with van der Waals surface area (Å²) in [6.07, 6.45) is 6.72. The molecule has 0 bridgehead atoms. The smallest absolute Gasteiger partial charge is 0.241 e. The zero-order valence-electron chi connectivity index (χ0n) is 11.2. The van der Waals surface area contributed by atoms with Gasteiger partial charge in [0.1, 0.15) is 5.82 Å². The van der Waals surface area contributed by atoms with Crippen LogP contribution in [0.1, 0.15) is 39.0 Å². The number of hydrogen-bond donors (Lipinski definition) is 2. The van der Waals surface area contributed by atoms with Crippen LogP contribution in [0.4, 0.5) is 5.82 Å². The van der Waals surface area contributed by atoms with Crippen molar-refractivity contribution in [3.8, 4) is 0 Å². The van der Waals surface area contributed by atoms with Gasteiger partial charge in [0, 0.05) is 18.3 Å². The van der Waals surface area contributed by atoms with E-state index >= 15 is 0 Å². The number of nitrogens with zero attached hydrogens (tertiary/aromatic N) is 1. The number of aromatic nitrogens is 1. The Labute approximate surface area is 114 Å². The first-order valence-electron chi connectivity index (χ1n) is 6.77. The minimum absolute atomic E-state index is 0.0399. The Morgan fingerprint density at radius 1 is 1.42 bits per heavy atom. The van der Waals surface area contributed by atoms with E-state index < -0.39 is 10.0 Å². The van der Waals surface area contributed by atoms with Crippen LogP contribution in [0, 0.1) is 5.92 Å². The highest BCUT2D eigenvalue weighted by molar-refractivity contribution is 7.89. The van der Waals surface area contributed by atoms with Gasteiger partial charge in [0.2, 0.25) is 10.0 Å². The lowest BCUT2D eigenvalue weighted by atomic mass is 9.83. The molecule has 1 heterocycles. The molecule has 0 spiro atoms. The van der Waals surface area contributed by atoms with Crippen molar-refractivity contribution >= 4 is 15.8 Å². The van der Waals surface area contributed by atoms with Gasteiger partial charge in [-0.05, 0) is 24.8 Å². The maximum atomic E-state index is 12.3. The first-order valence-corrected chi connectivity index (χ1v) is 8.25. The lowest BCUT2D eigenvalue weighted by Gasteiger charge is -2.31. The van der Waals surface area contributed by atoms with Gasteiger partial charge in [0.05, 0.1) is 4.90 Å². The fourth-order valence-electron chi connectivity index (χ4n) is 2.71. The summed E-state index contributed by atoms with van der Waals surface area (Å²) in [6.45, 7) is 2.11. The standard InChI is InChI=1S/C13H21N3O2S/c1-2-10-5-3-4-6-12(10)16-19(17,18)11-7-8-15-13(14)9-11/h7-10,12,16H,2-6H2,1H3,(H2,14,15). The predicted octanol–water partition coefficient (Wildman–Crippen LogP) is 1.91. The third kappa shape index (κ3) is 3.45. The van der Waals surface area contributed by atoms with Crippen molar-refractivity contribution in [1.29, 1.82) is 0 Å². The van der Waals surface area contributed by atoms with Crippen molar-refractivity contribution in [3.05, 3.63) is 18.3 Å². The van der Waals surface area contributed by atoms with E-state index in [0.717, 1.165) is 25.7 Å². The summed E-state index contributed by atoms with van der Waals surface area (Å²) in [5.74, 6) is 0.654. The summed E-state index contributed by atoms with van der Waals surface area (Å²) in [7, 11) is -3.50. The van der Waals surface area contributed by atoms with E-state index in [1.54, 1.807) is 0 Å². The molecule has 1 aliphatic carbocycles. The van der Waals surface area contributed by atoms with Crippen LogP contribution in [-0.4, -0.2) is 19.4 Å². The summed E-state index contributed by atoms with van der Waals surface area (Å²) >= 11 is 0. The van der Waals surface area contributed by atoms with Crippen LogP contribution in [0.2, 0.25) is 0 Å². The molecule has 2 unspecified atom stereocenters. The molecule has 2 rings (SSSR count). The fraction of sp³-hybridized carbons (Fsp3) is 0.615. The Morgan fingerprint density at radius 3 is 2.84 bits per heavy atom. The molecule has 1 aliphatic rings. The summed E-state index contributed by atoms with van der Waals surface area (Å²) < 4.78 is 27.5. The average Bonchev–Trinajstić information content (AvgIpc) is 2.39. The summed E-state index contributed by atoms with van der Waals surface area (Å²) in [4.78, 5) is 4.01. The minimum Gasteiger partial charge on any atom is -0.384 e. The number of nitrogens with two attached hydrogens (primary N) is 1. The van der Waals surface area contributed by atoms with Gasteiger partial charge in [-0.15, -0.1) is 0 Å². The van der Waals surface area contributed by atoms with E-state index in [1.807, 2.05) is 0 Å². The Morgan fingerprint density at radius 2 is 2.16 bits per heavy atom. The zero-order chi connectivity index (χ0) is 13.9. The van der Waals surface area contributed by atoms with Gasteiger partial charge >= 0.3 is 0 Å². The molecule has 1 aromatic heterocycles. The van der Waals surface area contributed by atoms with Gasteiger partial charge in [0.15, 0.2) is 0 Å². The molecular weight excluding hydrogens is 262 g/mol. The topological polar surface area (TPSA) is 85.1 Å². The third-order valence-electron chi connectivity index (χ3n) is 3.80. The molecule has 6 heteroatoms. The molecule has 0 radical (unpaired) electrons. The number of hydrogen-bond acceptors (Lipinski definition) is 4. The van der Waals surface area contributed by atoms with Gasteiger partial charge < -0.3 is 5.73 Å². The third-order valence-corrected chi connectivity index (χ3v) is 5.29. The van der Waals surface area contributed by atoms with Crippen molar-refractivity contribution in [1.82, 2.24) is 9.71 Å². The molecule has 1 fully saturated rings. The molecule has 0 amide bonds. The van der Waals surface area contributed by atoms with E-state index in [0.29, 0.717) is 5.92 Å². The molecule has 1 saturated carbocycles. The second-order valence-electron chi connectivity index (χ2n) is 5.10. The molecule has 106 valence electrons. The van der Waals surface area contributed by atoms with E-state index in [4.69, 9.17) is 5.73 Å². The normalized spacial score (nSPS) is 24.3. The van der Waals surface area contributed by atoms with Gasteiger partial charge in [0.25, 0.3) is 0 Å². The van der Waals surface area contributed by atoms with Crippen LogP contribution in [0.3, 0.4) is 0 Å². The van der Waals surface area contributed by atoms with Crippen molar-refractivity contribution in [2.75, 3.05) is 5.73 Å². The van der Waals surface area contributed by atoms with E-state index in [2.05, 4.69) is 16.6 Å². The number of rotatable bonds is 4. The molecule has 19 heavy (non-hydrogen) atoms. The fourth-order valence-corrected chi connectivity index (χ4v) is 4.07. The van der Waals surface area contributed by atoms with Gasteiger partial charge in [-0.2, -0.15) is 0 Å². The summed E-state index contributed by atoms with van der Waals surface area (Å²) in [5, 5.41) is 0. The zero-order valence-corrected chi connectivity index (χ0v) is 12.0. The number of nitrogens with one attached hydrogen (secondary N) is 1. The van der Waals surface area contributed by atoms with Gasteiger partial charge in [-0.1, -0.05) is 26.2 Å². The van der Waals surface area contributed by atoms with Crippen LogP contribution < -0.4 is 10.5 Å². The highest BCUT2D eigenvalue weighted by atomic mass is 32.2. The number of nitrogen functional groups attached to an aromatic ring is 1. The van der Waals surface area contributed by atoms with Gasteiger partial charge in [-0.25, -0.2) is 18.1 Å². The maximum absolute atomic E-state index is 12.3. The van der Waals surface area contributed by atoms with E-state index in [-0.39, 0.29) is 16.8 Å². The van der Waals surface area contributed by atoms with E-state index in [1.165, 1.54) is 24.8 Å². The van der Waals surface area contributed by atoms with Crippen molar-refractivity contribution in [2.24, 2.45) is 5.92 Å². The maximum Gasteiger partial charge on any atom is 0.241 e. The largest absolute Gasteiger partial charge is 0.384 e. The molecule has 1 aromatic rings. The summed E-state index contributed by atoms with van der Waals surface area (Å²) in [5.41, 5.74) is 5.54. The van der Waals surface area contributed by atoms with Gasteiger partial charge in [-0.3, -0.25) is 0 Å². The highest BCUT2D eigenvalue weighted by Crippen LogP contribution is 2.28. The Kier molecular flexibility index (Phi) is 4.42. The number of pyridine rings is 1. The molecular formula is C13H21N3O2S. The number of anilines is 1. The lowest BCUT2D eigenvalue weighted by Crippen LogP contribution is -2.41. The Hall–Kier alpha value is -1.14. The quantitative estimate of drug-likeness (QED) is 0.884. The minimum atomic E-state index is -3.50. The highest BCUT2D eigenvalue weighted by Gasteiger charge is 2.28. The van der Waals surface area contributed by atoms with Crippen LogP contribution >= 0.6 is 0 Å². The van der Waals surface area contributed by atoms with Crippen molar-refractivity contribution < 1.29 is 8.42 Å². The number of sulfonamides is 1. The van der Waals surface area contributed by atoms with Crippen LogP contribution in [0.25, 0.3) is 0 Å². The van der Waals surface area contributed by atoms with Crippen molar-refractivity contribution in [3.63, 3.8) is 0 Å². The van der Waals surface area contributed by atoms with Crippen molar-refractivity contribution in [2.45, 2.75) is 50.0 Å².